The highest BCUT2D eigenvalue weighted by Gasteiger charge is 2.53. The molecule has 1 unspecified atom stereocenters. The molecular formula is C36H50N2O4. The number of hydrogen-bond donors (Lipinski definition) is 1. The van der Waals surface area contributed by atoms with Crippen molar-refractivity contribution in [2.24, 2.45) is 11.8 Å². The normalized spacial score (nSPS) is 24.2. The van der Waals surface area contributed by atoms with Crippen LogP contribution in [-0.4, -0.2) is 65.1 Å². The summed E-state index contributed by atoms with van der Waals surface area (Å²) in [6.45, 7) is 12.8. The molecular weight excluding hydrogens is 524 g/mol. The number of aliphatic hydroxyl groups excluding tert-OH is 1. The molecule has 0 aromatic heterocycles. The zero-order valence-electron chi connectivity index (χ0n) is 25.8. The van der Waals surface area contributed by atoms with Gasteiger partial charge in [-0.1, -0.05) is 68.8 Å². The maximum Gasteiger partial charge on any atom is 0.308 e. The number of amides is 1. The number of esters is 1. The first-order valence-corrected chi connectivity index (χ1v) is 15.9. The lowest BCUT2D eigenvalue weighted by Crippen LogP contribution is -2.61. The number of carbonyl (C=O) groups is 2. The van der Waals surface area contributed by atoms with Crippen LogP contribution in [0.5, 0.6) is 5.75 Å². The molecule has 2 fully saturated rings. The lowest BCUT2D eigenvalue weighted by molar-refractivity contribution is -0.139. The summed E-state index contributed by atoms with van der Waals surface area (Å²) in [6, 6.07) is 18.3. The van der Waals surface area contributed by atoms with Gasteiger partial charge in [-0.05, 0) is 74.2 Å². The summed E-state index contributed by atoms with van der Waals surface area (Å²) < 4.78 is 5.48. The van der Waals surface area contributed by atoms with Crippen LogP contribution in [0.1, 0.15) is 76.8 Å². The number of carbonyl (C=O) groups excluding carboxylic acids is 2. The summed E-state index contributed by atoms with van der Waals surface area (Å²) in [4.78, 5) is 30.0. The Morgan fingerprint density at radius 1 is 1.14 bits per heavy atom. The minimum atomic E-state index is -0.540. The molecule has 0 spiro atoms. The van der Waals surface area contributed by atoms with Crippen molar-refractivity contribution in [3.63, 3.8) is 0 Å². The topological polar surface area (TPSA) is 70.1 Å². The molecule has 1 heterocycles. The standard InChI is InChI=1S/C36H50N2O4/c1-5-20-37-21-19-36(30-16-12-17-32(22-30)42-28(4)39)24-31(23-34(40)33(36)26-37)38(25-27(2)3)35(41)18-11-7-10-15-29-13-8-6-9-14-29/h5-6,8-9,12-14,16-17,22,27,31,33-34,40H,1,7,10-11,15,18-21,23-26H2,2-4H3/t31-,33-,34?,36-/m0/s1. The molecule has 0 bridgehead atoms. The monoisotopic (exact) mass is 574 g/mol. The Morgan fingerprint density at radius 2 is 1.93 bits per heavy atom. The second-order valence-corrected chi connectivity index (χ2v) is 12.8. The van der Waals surface area contributed by atoms with E-state index in [1.165, 1.54) is 12.5 Å². The number of fused-ring (bicyclic) bond motifs is 1. The van der Waals surface area contributed by atoms with E-state index in [1.807, 2.05) is 30.3 Å². The highest BCUT2D eigenvalue weighted by Crippen LogP contribution is 2.51. The van der Waals surface area contributed by atoms with Crippen molar-refractivity contribution in [1.82, 2.24) is 9.80 Å². The average molecular weight is 575 g/mol. The van der Waals surface area contributed by atoms with E-state index in [4.69, 9.17) is 4.74 Å². The number of nitrogens with zero attached hydrogens (tertiary/aromatic N) is 2. The number of likely N-dealkylation sites (tertiary alicyclic amines) is 1. The number of ether oxygens (including phenoxy) is 1. The number of unbranched alkanes of at least 4 members (excludes halogenated alkanes) is 2. The third kappa shape index (κ3) is 8.11. The third-order valence-electron chi connectivity index (χ3n) is 9.20. The first-order chi connectivity index (χ1) is 20.2. The van der Waals surface area contributed by atoms with Crippen molar-refractivity contribution in [3.8, 4) is 5.75 Å². The molecule has 1 aliphatic heterocycles. The van der Waals surface area contributed by atoms with Crippen LogP contribution in [0.15, 0.2) is 67.3 Å². The average Bonchev–Trinajstić information content (AvgIpc) is 2.96. The minimum Gasteiger partial charge on any atom is -0.427 e. The van der Waals surface area contributed by atoms with Gasteiger partial charge in [-0.15, -0.1) is 6.58 Å². The fraction of sp³-hybridized carbons (Fsp3) is 0.556. The fourth-order valence-corrected chi connectivity index (χ4v) is 7.29. The number of rotatable bonds is 13. The van der Waals surface area contributed by atoms with Gasteiger partial charge < -0.3 is 14.7 Å². The summed E-state index contributed by atoms with van der Waals surface area (Å²) in [5.41, 5.74) is 2.12. The molecule has 1 amide bonds. The second kappa shape index (κ2) is 15.0. The third-order valence-corrected chi connectivity index (χ3v) is 9.20. The molecule has 2 aromatic carbocycles. The molecule has 4 atom stereocenters. The van der Waals surface area contributed by atoms with E-state index < -0.39 is 6.10 Å². The summed E-state index contributed by atoms with van der Waals surface area (Å²) in [6.07, 6.45) is 8.20. The number of aliphatic hydroxyl groups is 1. The van der Waals surface area contributed by atoms with Crippen molar-refractivity contribution in [1.29, 1.82) is 0 Å². The summed E-state index contributed by atoms with van der Waals surface area (Å²) >= 11 is 0. The Labute approximate surface area is 252 Å². The molecule has 0 radical (unpaired) electrons. The lowest BCUT2D eigenvalue weighted by Gasteiger charge is -2.56. The van der Waals surface area contributed by atoms with Gasteiger partial charge in [0.05, 0.1) is 6.10 Å². The largest absolute Gasteiger partial charge is 0.427 e. The van der Waals surface area contributed by atoms with Crippen LogP contribution in [0.3, 0.4) is 0 Å². The van der Waals surface area contributed by atoms with Crippen LogP contribution in [0.2, 0.25) is 0 Å². The highest BCUT2D eigenvalue weighted by atomic mass is 16.5. The number of hydrogen-bond acceptors (Lipinski definition) is 5. The molecule has 4 rings (SSSR count). The van der Waals surface area contributed by atoms with E-state index >= 15 is 0 Å². The van der Waals surface area contributed by atoms with Crippen LogP contribution < -0.4 is 4.74 Å². The van der Waals surface area contributed by atoms with E-state index in [0.717, 1.165) is 63.7 Å². The second-order valence-electron chi connectivity index (χ2n) is 12.8. The summed E-state index contributed by atoms with van der Waals surface area (Å²) in [5.74, 6) is 0.737. The number of aryl methyl sites for hydroxylation is 1. The first kappa shape index (κ1) is 32.0. The molecule has 6 heteroatoms. The minimum absolute atomic E-state index is 0.0176. The maximum atomic E-state index is 13.8. The Bertz CT molecular complexity index is 1180. The molecule has 1 saturated carbocycles. The molecule has 2 aliphatic rings. The van der Waals surface area contributed by atoms with Crippen molar-refractivity contribution >= 4 is 11.9 Å². The van der Waals surface area contributed by atoms with Crippen LogP contribution in [0, 0.1) is 11.8 Å². The lowest BCUT2D eigenvalue weighted by atomic mass is 9.56. The Morgan fingerprint density at radius 3 is 2.64 bits per heavy atom. The smallest absolute Gasteiger partial charge is 0.308 e. The zero-order valence-corrected chi connectivity index (χ0v) is 25.8. The predicted octanol–water partition coefficient (Wildman–Crippen LogP) is 6.17. The molecule has 1 saturated heterocycles. The summed E-state index contributed by atoms with van der Waals surface area (Å²) in [7, 11) is 0. The zero-order chi connectivity index (χ0) is 30.1. The van der Waals surface area contributed by atoms with Crippen LogP contribution in [0.4, 0.5) is 0 Å². The van der Waals surface area contributed by atoms with E-state index in [2.05, 4.69) is 60.6 Å². The van der Waals surface area contributed by atoms with Crippen molar-refractivity contribution in [2.45, 2.75) is 89.7 Å². The first-order valence-electron chi connectivity index (χ1n) is 15.9. The van der Waals surface area contributed by atoms with Crippen molar-refractivity contribution < 1.29 is 19.4 Å². The van der Waals surface area contributed by atoms with Gasteiger partial charge in [0.1, 0.15) is 5.75 Å². The SMILES string of the molecule is C=CCN1CC[C@@]2(c3cccc(OC(C)=O)c3)C[C@@H](N(CC(C)C)C(=O)CCCCCc3ccccc3)CC(O)[C@@H]2C1. The van der Waals surface area contributed by atoms with E-state index in [-0.39, 0.29) is 29.3 Å². The van der Waals surface area contributed by atoms with E-state index in [0.29, 0.717) is 31.1 Å². The van der Waals surface area contributed by atoms with Crippen molar-refractivity contribution in [2.75, 3.05) is 26.2 Å². The van der Waals surface area contributed by atoms with Gasteiger partial charge >= 0.3 is 5.97 Å². The van der Waals surface area contributed by atoms with Gasteiger partial charge in [-0.25, -0.2) is 0 Å². The molecule has 228 valence electrons. The Balaban J connectivity index is 1.53. The summed E-state index contributed by atoms with van der Waals surface area (Å²) in [5, 5.41) is 11.7. The van der Waals surface area contributed by atoms with Crippen LogP contribution in [0.25, 0.3) is 0 Å². The molecule has 2 aromatic rings. The maximum absolute atomic E-state index is 13.8. The quantitative estimate of drug-likeness (QED) is 0.134. The van der Waals surface area contributed by atoms with Crippen LogP contribution >= 0.6 is 0 Å². The fourth-order valence-electron chi connectivity index (χ4n) is 7.29. The molecule has 1 aliphatic carbocycles. The van der Waals surface area contributed by atoms with Crippen LogP contribution in [-0.2, 0) is 21.4 Å². The van der Waals surface area contributed by atoms with Gasteiger partial charge in [0.25, 0.3) is 0 Å². The Kier molecular flexibility index (Phi) is 11.4. The van der Waals surface area contributed by atoms with Gasteiger partial charge in [-0.2, -0.15) is 0 Å². The Hall–Kier alpha value is -2.96. The van der Waals surface area contributed by atoms with E-state index in [1.54, 1.807) is 0 Å². The van der Waals surface area contributed by atoms with Crippen molar-refractivity contribution in [3.05, 3.63) is 78.4 Å². The molecule has 42 heavy (non-hydrogen) atoms. The van der Waals surface area contributed by atoms with Gasteiger partial charge in [0, 0.05) is 50.4 Å². The molecule has 6 nitrogen and oxygen atoms in total. The van der Waals surface area contributed by atoms with Gasteiger partial charge in [0.15, 0.2) is 0 Å². The predicted molar refractivity (Wildman–Crippen MR) is 168 cm³/mol. The van der Waals surface area contributed by atoms with Gasteiger partial charge in [-0.3, -0.25) is 14.5 Å². The van der Waals surface area contributed by atoms with Gasteiger partial charge in [0.2, 0.25) is 5.91 Å². The highest BCUT2D eigenvalue weighted by molar-refractivity contribution is 5.76. The molecule has 1 N–H and O–H groups in total. The number of piperidine rings is 1. The van der Waals surface area contributed by atoms with E-state index in [9.17, 15) is 14.7 Å². The number of benzene rings is 2.